The first kappa shape index (κ1) is 13.8. The molecule has 0 bridgehead atoms. The van der Waals surface area contributed by atoms with Crippen LogP contribution in [0.2, 0.25) is 0 Å². The van der Waals surface area contributed by atoms with E-state index < -0.39 is 0 Å². The predicted molar refractivity (Wildman–Crippen MR) is 77.9 cm³/mol. The van der Waals surface area contributed by atoms with Crippen molar-refractivity contribution in [3.8, 4) is 17.6 Å². The first-order valence-corrected chi connectivity index (χ1v) is 6.27. The monoisotopic (exact) mass is 268 g/mol. The molecule has 2 rings (SSSR count). The maximum Gasteiger partial charge on any atom is 0.160 e. The van der Waals surface area contributed by atoms with Crippen LogP contribution in [-0.2, 0) is 0 Å². The van der Waals surface area contributed by atoms with E-state index in [4.69, 9.17) is 10.00 Å². The Balaban J connectivity index is 2.12. The molecule has 2 aromatic rings. The third-order valence-corrected chi connectivity index (χ3v) is 3.10. The van der Waals surface area contributed by atoms with Crippen LogP contribution >= 0.6 is 0 Å². The molecule has 1 unspecified atom stereocenters. The van der Waals surface area contributed by atoms with Gasteiger partial charge in [0, 0.05) is 17.8 Å². The number of nitrogens with zero attached hydrogens (tertiary/aromatic N) is 1. The minimum Gasteiger partial charge on any atom is -0.504 e. The van der Waals surface area contributed by atoms with Gasteiger partial charge in [-0.05, 0) is 36.8 Å². The third-order valence-electron chi connectivity index (χ3n) is 3.10. The van der Waals surface area contributed by atoms with Gasteiger partial charge in [0.1, 0.15) is 0 Å². The molecular weight excluding hydrogens is 252 g/mol. The van der Waals surface area contributed by atoms with E-state index in [0.29, 0.717) is 11.3 Å². The number of aromatic hydroxyl groups is 1. The summed E-state index contributed by atoms with van der Waals surface area (Å²) in [6, 6.07) is 14.8. The molecule has 0 aromatic heterocycles. The zero-order valence-electron chi connectivity index (χ0n) is 11.4. The van der Waals surface area contributed by atoms with Crippen LogP contribution in [0.5, 0.6) is 11.5 Å². The van der Waals surface area contributed by atoms with E-state index >= 15 is 0 Å². The molecule has 0 aliphatic rings. The molecule has 0 heterocycles. The van der Waals surface area contributed by atoms with Crippen LogP contribution in [-0.4, -0.2) is 12.2 Å². The second-order valence-electron chi connectivity index (χ2n) is 4.49. The number of anilines is 1. The van der Waals surface area contributed by atoms with Gasteiger partial charge < -0.3 is 15.2 Å². The molecule has 0 spiro atoms. The van der Waals surface area contributed by atoms with E-state index in [1.807, 2.05) is 25.1 Å². The summed E-state index contributed by atoms with van der Waals surface area (Å²) in [6.07, 6.45) is 0. The van der Waals surface area contributed by atoms with Crippen molar-refractivity contribution in [2.24, 2.45) is 0 Å². The van der Waals surface area contributed by atoms with Crippen molar-refractivity contribution in [3.05, 3.63) is 53.6 Å². The molecule has 2 aromatic carbocycles. The van der Waals surface area contributed by atoms with Crippen LogP contribution in [0.3, 0.4) is 0 Å². The highest BCUT2D eigenvalue weighted by Gasteiger charge is 2.07. The van der Waals surface area contributed by atoms with Crippen LogP contribution in [0.1, 0.15) is 24.1 Å². The summed E-state index contributed by atoms with van der Waals surface area (Å²) >= 11 is 0. The summed E-state index contributed by atoms with van der Waals surface area (Å²) in [5.41, 5.74) is 2.52. The van der Waals surface area contributed by atoms with Crippen LogP contribution in [0.4, 0.5) is 5.69 Å². The molecule has 0 saturated carbocycles. The summed E-state index contributed by atoms with van der Waals surface area (Å²) in [6.45, 7) is 2.02. The Morgan fingerprint density at radius 2 is 1.90 bits per heavy atom. The van der Waals surface area contributed by atoms with Crippen molar-refractivity contribution >= 4 is 5.69 Å². The van der Waals surface area contributed by atoms with Crippen LogP contribution in [0, 0.1) is 11.3 Å². The highest BCUT2D eigenvalue weighted by atomic mass is 16.5. The lowest BCUT2D eigenvalue weighted by Gasteiger charge is -2.16. The van der Waals surface area contributed by atoms with Crippen molar-refractivity contribution in [1.82, 2.24) is 0 Å². The summed E-state index contributed by atoms with van der Waals surface area (Å²) in [5.74, 6) is 0.547. The number of hydrogen-bond donors (Lipinski definition) is 2. The largest absolute Gasteiger partial charge is 0.504 e. The van der Waals surface area contributed by atoms with Crippen molar-refractivity contribution in [1.29, 1.82) is 5.26 Å². The number of methoxy groups -OCH3 is 1. The van der Waals surface area contributed by atoms with Gasteiger partial charge in [0.2, 0.25) is 0 Å². The Hall–Kier alpha value is -2.67. The van der Waals surface area contributed by atoms with E-state index in [0.717, 1.165) is 11.3 Å². The lowest BCUT2D eigenvalue weighted by molar-refractivity contribution is 0.373. The average molecular weight is 268 g/mol. The summed E-state index contributed by atoms with van der Waals surface area (Å²) in [7, 11) is 1.52. The Labute approximate surface area is 118 Å². The van der Waals surface area contributed by atoms with Crippen molar-refractivity contribution in [2.45, 2.75) is 13.0 Å². The molecule has 102 valence electrons. The van der Waals surface area contributed by atoms with Crippen LogP contribution < -0.4 is 10.1 Å². The van der Waals surface area contributed by atoms with Gasteiger partial charge in [-0.15, -0.1) is 0 Å². The number of nitrogens with one attached hydrogen (secondary N) is 1. The number of benzene rings is 2. The second-order valence-corrected chi connectivity index (χ2v) is 4.49. The van der Waals surface area contributed by atoms with Gasteiger partial charge in [-0.2, -0.15) is 5.26 Å². The molecule has 0 saturated heterocycles. The molecule has 0 aliphatic heterocycles. The molecule has 0 radical (unpaired) electrons. The van der Waals surface area contributed by atoms with Crippen molar-refractivity contribution in [2.75, 3.05) is 12.4 Å². The number of hydrogen-bond acceptors (Lipinski definition) is 4. The van der Waals surface area contributed by atoms with Gasteiger partial charge in [-0.1, -0.05) is 12.1 Å². The van der Waals surface area contributed by atoms with E-state index in [2.05, 4.69) is 11.4 Å². The Bertz CT molecular complexity index is 630. The molecule has 20 heavy (non-hydrogen) atoms. The van der Waals surface area contributed by atoms with E-state index in [1.54, 1.807) is 24.3 Å². The topological polar surface area (TPSA) is 65.3 Å². The standard InChI is InChI=1S/C16H16N2O2/c1-11(13-5-3-12(10-17)4-6-13)18-14-7-8-16(20-2)15(19)9-14/h3-9,11,18-19H,1-2H3. The quantitative estimate of drug-likeness (QED) is 0.891. The van der Waals surface area contributed by atoms with Crippen LogP contribution in [0.25, 0.3) is 0 Å². The fourth-order valence-corrected chi connectivity index (χ4v) is 1.96. The van der Waals surface area contributed by atoms with Gasteiger partial charge >= 0.3 is 0 Å². The molecule has 4 heteroatoms. The molecule has 2 N–H and O–H groups in total. The zero-order chi connectivity index (χ0) is 14.5. The van der Waals surface area contributed by atoms with Crippen molar-refractivity contribution in [3.63, 3.8) is 0 Å². The van der Waals surface area contributed by atoms with E-state index in [9.17, 15) is 5.11 Å². The van der Waals surface area contributed by atoms with Gasteiger partial charge in [0.25, 0.3) is 0 Å². The summed E-state index contributed by atoms with van der Waals surface area (Å²) < 4.78 is 5.01. The molecule has 0 amide bonds. The minimum absolute atomic E-state index is 0.0653. The predicted octanol–water partition coefficient (Wildman–Crippen LogP) is 3.45. The van der Waals surface area contributed by atoms with Gasteiger partial charge in [0.05, 0.1) is 18.7 Å². The van der Waals surface area contributed by atoms with E-state index in [-0.39, 0.29) is 11.8 Å². The number of phenolic OH excluding ortho intramolecular Hbond substituents is 1. The number of phenols is 1. The van der Waals surface area contributed by atoms with Gasteiger partial charge in [0.15, 0.2) is 11.5 Å². The lowest BCUT2D eigenvalue weighted by atomic mass is 10.1. The molecular formula is C16H16N2O2. The summed E-state index contributed by atoms with van der Waals surface area (Å²) in [5, 5.41) is 21.8. The fourth-order valence-electron chi connectivity index (χ4n) is 1.96. The molecule has 0 aliphatic carbocycles. The lowest BCUT2D eigenvalue weighted by Crippen LogP contribution is -2.06. The average Bonchev–Trinajstić information content (AvgIpc) is 2.47. The normalized spacial score (nSPS) is 11.4. The molecule has 0 fully saturated rings. The van der Waals surface area contributed by atoms with Gasteiger partial charge in [-0.25, -0.2) is 0 Å². The maximum atomic E-state index is 9.74. The highest BCUT2D eigenvalue weighted by Crippen LogP contribution is 2.30. The minimum atomic E-state index is 0.0653. The Kier molecular flexibility index (Phi) is 4.11. The summed E-state index contributed by atoms with van der Waals surface area (Å²) in [4.78, 5) is 0. The van der Waals surface area contributed by atoms with E-state index in [1.165, 1.54) is 7.11 Å². The smallest absolute Gasteiger partial charge is 0.160 e. The number of rotatable bonds is 4. The Morgan fingerprint density at radius 3 is 2.45 bits per heavy atom. The third kappa shape index (κ3) is 3.01. The number of nitriles is 1. The molecule has 4 nitrogen and oxygen atoms in total. The van der Waals surface area contributed by atoms with Crippen LogP contribution in [0.15, 0.2) is 42.5 Å². The van der Waals surface area contributed by atoms with Gasteiger partial charge in [-0.3, -0.25) is 0 Å². The maximum absolute atomic E-state index is 9.74. The van der Waals surface area contributed by atoms with Crippen molar-refractivity contribution < 1.29 is 9.84 Å². The Morgan fingerprint density at radius 1 is 1.20 bits per heavy atom. The SMILES string of the molecule is COc1ccc(NC(C)c2ccc(C#N)cc2)cc1O. The number of ether oxygens (including phenoxy) is 1. The first-order valence-electron chi connectivity index (χ1n) is 6.27. The molecule has 1 atom stereocenters. The highest BCUT2D eigenvalue weighted by molar-refractivity contribution is 5.55. The second kappa shape index (κ2) is 5.98. The first-order chi connectivity index (χ1) is 9.63. The zero-order valence-corrected chi connectivity index (χ0v) is 11.4. The fraction of sp³-hybridized carbons (Fsp3) is 0.188.